The van der Waals surface area contributed by atoms with Gasteiger partial charge in [-0.3, -0.25) is 4.79 Å². The largest absolute Gasteiger partial charge is 0.467 e. The number of hydrogen-bond acceptors (Lipinski definition) is 3. The molecule has 130 valence electrons. The minimum absolute atomic E-state index is 0.139. The van der Waals surface area contributed by atoms with E-state index in [4.69, 9.17) is 4.42 Å². The Bertz CT molecular complexity index is 889. The molecule has 3 heterocycles. The molecule has 1 amide bonds. The Morgan fingerprint density at radius 1 is 1.28 bits per heavy atom. The zero-order chi connectivity index (χ0) is 17.4. The van der Waals surface area contributed by atoms with Crippen LogP contribution in [0.4, 0.5) is 8.78 Å². The predicted octanol–water partition coefficient (Wildman–Crippen LogP) is 4.46. The lowest BCUT2D eigenvalue weighted by Crippen LogP contribution is -2.38. The third kappa shape index (κ3) is 2.79. The van der Waals surface area contributed by atoms with Crippen LogP contribution in [0.3, 0.4) is 0 Å². The molecule has 3 aromatic rings. The van der Waals surface area contributed by atoms with E-state index in [1.807, 2.05) is 6.07 Å². The molecule has 1 N–H and O–H groups in total. The number of H-pyrrole nitrogens is 1. The van der Waals surface area contributed by atoms with E-state index >= 15 is 0 Å². The summed E-state index contributed by atoms with van der Waals surface area (Å²) < 4.78 is 31.4. The van der Waals surface area contributed by atoms with Gasteiger partial charge in [0.05, 0.1) is 23.4 Å². The van der Waals surface area contributed by atoms with Crippen LogP contribution < -0.4 is 0 Å². The van der Waals surface area contributed by atoms with Crippen LogP contribution in [0.15, 0.2) is 41.0 Å². The third-order valence-corrected chi connectivity index (χ3v) is 4.60. The first-order valence-electron chi connectivity index (χ1n) is 8.26. The van der Waals surface area contributed by atoms with Crippen LogP contribution in [-0.2, 0) is 0 Å². The van der Waals surface area contributed by atoms with E-state index in [1.54, 1.807) is 35.4 Å². The Morgan fingerprint density at radius 3 is 2.92 bits per heavy atom. The molecule has 1 aliphatic rings. The average Bonchev–Trinajstić information content (AvgIpc) is 3.30. The third-order valence-electron chi connectivity index (χ3n) is 4.60. The number of alkyl halides is 2. The van der Waals surface area contributed by atoms with Crippen molar-refractivity contribution in [2.75, 3.05) is 6.54 Å². The van der Waals surface area contributed by atoms with Crippen LogP contribution in [0.1, 0.15) is 53.7 Å². The Kier molecular flexibility index (Phi) is 3.99. The number of carbonyl (C=O) groups is 1. The smallest absolute Gasteiger partial charge is 0.295 e. The highest BCUT2D eigenvalue weighted by Gasteiger charge is 2.31. The Hall–Kier alpha value is -2.70. The minimum atomic E-state index is -2.71. The van der Waals surface area contributed by atoms with Crippen molar-refractivity contribution in [2.24, 2.45) is 0 Å². The van der Waals surface area contributed by atoms with Gasteiger partial charge in [0.25, 0.3) is 12.3 Å². The number of furan rings is 1. The summed E-state index contributed by atoms with van der Waals surface area (Å²) in [5.41, 5.74) is 1.05. The van der Waals surface area contributed by atoms with Crippen molar-refractivity contribution in [2.45, 2.75) is 31.7 Å². The van der Waals surface area contributed by atoms with Gasteiger partial charge in [-0.05, 0) is 43.5 Å². The summed E-state index contributed by atoms with van der Waals surface area (Å²) in [7, 11) is 0. The molecule has 0 unspecified atom stereocenters. The molecule has 1 atom stereocenters. The number of imidazole rings is 1. The van der Waals surface area contributed by atoms with Crippen molar-refractivity contribution in [1.82, 2.24) is 14.9 Å². The van der Waals surface area contributed by atoms with Gasteiger partial charge < -0.3 is 14.3 Å². The number of fused-ring (bicyclic) bond motifs is 1. The molecule has 2 aromatic heterocycles. The van der Waals surface area contributed by atoms with Gasteiger partial charge in [0.1, 0.15) is 11.3 Å². The molecule has 1 aromatic carbocycles. The Balaban J connectivity index is 1.73. The van der Waals surface area contributed by atoms with Gasteiger partial charge in [0, 0.05) is 6.54 Å². The van der Waals surface area contributed by atoms with E-state index in [2.05, 4.69) is 9.97 Å². The van der Waals surface area contributed by atoms with Gasteiger partial charge in [-0.1, -0.05) is 6.07 Å². The maximum Gasteiger partial charge on any atom is 0.295 e. The number of aromatic nitrogens is 2. The van der Waals surface area contributed by atoms with Gasteiger partial charge in [-0.15, -0.1) is 0 Å². The number of carbonyl (C=O) groups excluding carboxylic acids is 1. The lowest BCUT2D eigenvalue weighted by molar-refractivity contribution is 0.0582. The molecule has 0 spiro atoms. The average molecular weight is 345 g/mol. The van der Waals surface area contributed by atoms with Crippen LogP contribution >= 0.6 is 0 Å². The molecule has 0 radical (unpaired) electrons. The molecule has 0 bridgehead atoms. The molecular weight excluding hydrogens is 328 g/mol. The fourth-order valence-electron chi connectivity index (χ4n) is 3.43. The zero-order valence-electron chi connectivity index (χ0n) is 13.4. The summed E-state index contributed by atoms with van der Waals surface area (Å²) in [6.07, 6.45) is 1.62. The fraction of sp³-hybridized carbons (Fsp3) is 0.333. The van der Waals surface area contributed by atoms with Crippen molar-refractivity contribution in [3.63, 3.8) is 0 Å². The summed E-state index contributed by atoms with van der Waals surface area (Å²) in [5, 5.41) is 0. The number of hydrogen-bond donors (Lipinski definition) is 1. The first kappa shape index (κ1) is 15.8. The van der Waals surface area contributed by atoms with Gasteiger partial charge in [-0.2, -0.15) is 0 Å². The summed E-state index contributed by atoms with van der Waals surface area (Å²) in [4.78, 5) is 21.4. The van der Waals surface area contributed by atoms with Crippen molar-refractivity contribution in [1.29, 1.82) is 0 Å². The number of halogens is 2. The van der Waals surface area contributed by atoms with Crippen molar-refractivity contribution >= 4 is 16.9 Å². The number of nitrogens with one attached hydrogen (secondary N) is 1. The van der Waals surface area contributed by atoms with Crippen LogP contribution in [0.25, 0.3) is 11.0 Å². The van der Waals surface area contributed by atoms with E-state index in [1.165, 1.54) is 0 Å². The second-order valence-electron chi connectivity index (χ2n) is 6.15. The topological polar surface area (TPSA) is 62.1 Å². The van der Waals surface area contributed by atoms with Gasteiger partial charge in [0.2, 0.25) is 0 Å². The predicted molar refractivity (Wildman–Crippen MR) is 87.4 cm³/mol. The maximum atomic E-state index is 13.1. The second kappa shape index (κ2) is 6.31. The van der Waals surface area contributed by atoms with E-state index in [9.17, 15) is 13.6 Å². The van der Waals surface area contributed by atoms with Crippen LogP contribution in [-0.4, -0.2) is 27.3 Å². The Morgan fingerprint density at radius 2 is 2.16 bits per heavy atom. The summed E-state index contributed by atoms with van der Waals surface area (Å²) in [6.45, 7) is 0.604. The van der Waals surface area contributed by atoms with Crippen LogP contribution in [0, 0.1) is 0 Å². The van der Waals surface area contributed by atoms with Gasteiger partial charge >= 0.3 is 0 Å². The summed E-state index contributed by atoms with van der Waals surface area (Å²) >= 11 is 0. The number of amides is 1. The number of rotatable bonds is 3. The zero-order valence-corrected chi connectivity index (χ0v) is 13.4. The SMILES string of the molecule is O=C(c1cccc2[nH]c(C(F)F)nc12)N1CCCC[C@H]1c1ccco1. The molecule has 4 rings (SSSR count). The first-order valence-corrected chi connectivity index (χ1v) is 8.26. The molecule has 0 saturated carbocycles. The van der Waals surface area contributed by atoms with Crippen LogP contribution in [0.2, 0.25) is 0 Å². The second-order valence-corrected chi connectivity index (χ2v) is 6.15. The Labute approximate surface area is 142 Å². The van der Waals surface area contributed by atoms with E-state index in [-0.39, 0.29) is 17.5 Å². The molecule has 0 aliphatic carbocycles. The first-order chi connectivity index (χ1) is 12.1. The molecular formula is C18H17F2N3O2. The summed E-state index contributed by atoms with van der Waals surface area (Å²) in [5.74, 6) is 0.117. The van der Waals surface area contributed by atoms with E-state index in [0.29, 0.717) is 17.6 Å². The number of aromatic amines is 1. The number of para-hydroxylation sites is 1. The highest BCUT2D eigenvalue weighted by atomic mass is 19.3. The lowest BCUT2D eigenvalue weighted by Gasteiger charge is -2.34. The van der Waals surface area contributed by atoms with Crippen molar-refractivity contribution in [3.05, 3.63) is 53.7 Å². The van der Waals surface area contributed by atoms with E-state index in [0.717, 1.165) is 25.0 Å². The molecule has 25 heavy (non-hydrogen) atoms. The molecule has 1 saturated heterocycles. The van der Waals surface area contributed by atoms with Gasteiger partial charge in [0.15, 0.2) is 5.82 Å². The number of piperidine rings is 1. The number of likely N-dealkylation sites (tertiary alicyclic amines) is 1. The van der Waals surface area contributed by atoms with Gasteiger partial charge in [-0.25, -0.2) is 13.8 Å². The molecule has 7 heteroatoms. The normalized spacial score (nSPS) is 18.2. The van der Waals surface area contributed by atoms with Crippen LogP contribution in [0.5, 0.6) is 0 Å². The highest BCUT2D eigenvalue weighted by Crippen LogP contribution is 2.33. The molecule has 1 fully saturated rings. The number of benzene rings is 1. The lowest BCUT2D eigenvalue weighted by atomic mass is 9.98. The number of nitrogens with zero attached hydrogens (tertiary/aromatic N) is 2. The van der Waals surface area contributed by atoms with Crippen molar-refractivity contribution < 1.29 is 18.0 Å². The maximum absolute atomic E-state index is 13.1. The summed E-state index contributed by atoms with van der Waals surface area (Å²) in [6, 6.07) is 8.48. The fourth-order valence-corrected chi connectivity index (χ4v) is 3.43. The molecule has 5 nitrogen and oxygen atoms in total. The highest BCUT2D eigenvalue weighted by molar-refractivity contribution is 6.05. The quantitative estimate of drug-likeness (QED) is 0.762. The van der Waals surface area contributed by atoms with Crippen molar-refractivity contribution in [3.8, 4) is 0 Å². The standard InChI is InChI=1S/C18H17F2N3O2/c19-16(20)17-21-12-6-3-5-11(15(12)22-17)18(24)23-9-2-1-7-13(23)14-8-4-10-25-14/h3-6,8,10,13,16H,1-2,7,9H2,(H,21,22)/t13-/m0/s1. The van der Waals surface area contributed by atoms with E-state index < -0.39 is 12.2 Å². The molecule has 1 aliphatic heterocycles. The monoisotopic (exact) mass is 345 g/mol. The minimum Gasteiger partial charge on any atom is -0.467 e.